The Labute approximate surface area is 246 Å². The Morgan fingerprint density at radius 1 is 1.05 bits per heavy atom. The SMILES string of the molecule is CC(C)(C)C(=O)N1CCC(Nc2ncnc3ccc(-c4cnc(Cl)c(NS(=O)(=O)c5ccc(F)cc5F)c4)nc23)CC1. The Morgan fingerprint density at radius 2 is 1.79 bits per heavy atom. The van der Waals surface area contributed by atoms with E-state index in [-0.39, 0.29) is 22.8 Å². The molecule has 0 aliphatic carbocycles. The molecule has 4 heterocycles. The fourth-order valence-electron chi connectivity index (χ4n) is 4.65. The molecule has 0 radical (unpaired) electrons. The van der Waals surface area contributed by atoms with E-state index in [9.17, 15) is 22.0 Å². The minimum Gasteiger partial charge on any atom is -0.365 e. The van der Waals surface area contributed by atoms with Crippen molar-refractivity contribution in [2.45, 2.75) is 44.6 Å². The van der Waals surface area contributed by atoms with Gasteiger partial charge in [-0.3, -0.25) is 9.52 Å². The van der Waals surface area contributed by atoms with Gasteiger partial charge in [-0.1, -0.05) is 32.4 Å². The van der Waals surface area contributed by atoms with Gasteiger partial charge in [-0.05, 0) is 43.2 Å². The number of halogens is 3. The highest BCUT2D eigenvalue weighted by molar-refractivity contribution is 7.92. The van der Waals surface area contributed by atoms with E-state index in [1.165, 1.54) is 18.6 Å². The van der Waals surface area contributed by atoms with Gasteiger partial charge in [0.05, 0.1) is 16.9 Å². The van der Waals surface area contributed by atoms with Crippen LogP contribution in [0.2, 0.25) is 5.15 Å². The maximum Gasteiger partial charge on any atom is 0.264 e. The summed E-state index contributed by atoms with van der Waals surface area (Å²) in [4.78, 5) is 31.3. The monoisotopic (exact) mass is 615 g/mol. The summed E-state index contributed by atoms with van der Waals surface area (Å²) < 4.78 is 55.4. The number of piperidine rings is 1. The molecule has 0 unspecified atom stereocenters. The van der Waals surface area contributed by atoms with Gasteiger partial charge in [-0.25, -0.2) is 37.1 Å². The van der Waals surface area contributed by atoms with Gasteiger partial charge in [-0.15, -0.1) is 0 Å². The number of sulfonamides is 1. The van der Waals surface area contributed by atoms with Crippen LogP contribution in [0.3, 0.4) is 0 Å². The molecule has 10 nitrogen and oxygen atoms in total. The van der Waals surface area contributed by atoms with E-state index in [2.05, 4.69) is 25.0 Å². The summed E-state index contributed by atoms with van der Waals surface area (Å²) in [5.74, 6) is -1.50. The van der Waals surface area contributed by atoms with Crippen LogP contribution in [-0.4, -0.2) is 58.3 Å². The molecule has 1 fully saturated rings. The summed E-state index contributed by atoms with van der Waals surface area (Å²) in [6, 6.07) is 7.08. The zero-order valence-electron chi connectivity index (χ0n) is 23.0. The van der Waals surface area contributed by atoms with Crippen LogP contribution < -0.4 is 10.0 Å². The molecule has 0 saturated carbocycles. The minimum absolute atomic E-state index is 0.0719. The maximum atomic E-state index is 14.2. The summed E-state index contributed by atoms with van der Waals surface area (Å²) in [6.07, 6.45) is 4.35. The highest BCUT2D eigenvalue weighted by atomic mass is 35.5. The summed E-state index contributed by atoms with van der Waals surface area (Å²) in [5.41, 5.74) is 1.39. The molecule has 1 amide bonds. The lowest BCUT2D eigenvalue weighted by atomic mass is 9.93. The smallest absolute Gasteiger partial charge is 0.264 e. The molecular formula is C28H28ClF2N7O3S. The zero-order valence-corrected chi connectivity index (χ0v) is 24.6. The van der Waals surface area contributed by atoms with Crippen molar-refractivity contribution in [1.82, 2.24) is 24.8 Å². The van der Waals surface area contributed by atoms with Gasteiger partial charge in [0.1, 0.15) is 28.4 Å². The highest BCUT2D eigenvalue weighted by Crippen LogP contribution is 2.31. The quantitative estimate of drug-likeness (QED) is 0.281. The van der Waals surface area contributed by atoms with Crippen molar-refractivity contribution in [3.63, 3.8) is 0 Å². The summed E-state index contributed by atoms with van der Waals surface area (Å²) in [7, 11) is -4.45. The van der Waals surface area contributed by atoms with Crippen molar-refractivity contribution < 1.29 is 22.0 Å². The number of rotatable bonds is 6. The summed E-state index contributed by atoms with van der Waals surface area (Å²) >= 11 is 6.16. The lowest BCUT2D eigenvalue weighted by Gasteiger charge is -2.36. The fourth-order valence-corrected chi connectivity index (χ4v) is 5.98. The summed E-state index contributed by atoms with van der Waals surface area (Å²) in [5, 5.41) is 3.26. The average Bonchev–Trinajstić information content (AvgIpc) is 2.93. The predicted octanol–water partition coefficient (Wildman–Crippen LogP) is 5.27. The first-order chi connectivity index (χ1) is 19.8. The van der Waals surface area contributed by atoms with Gasteiger partial charge in [0.15, 0.2) is 11.0 Å². The topological polar surface area (TPSA) is 130 Å². The van der Waals surface area contributed by atoms with Crippen LogP contribution in [0, 0.1) is 17.0 Å². The van der Waals surface area contributed by atoms with E-state index in [4.69, 9.17) is 16.6 Å². The fraction of sp³-hybridized carbons (Fsp3) is 0.321. The second-order valence-electron chi connectivity index (χ2n) is 11.0. The molecule has 0 atom stereocenters. The maximum absolute atomic E-state index is 14.2. The van der Waals surface area contributed by atoms with Crippen LogP contribution in [0.1, 0.15) is 33.6 Å². The van der Waals surface area contributed by atoms with Crippen LogP contribution in [0.15, 0.2) is 53.8 Å². The second kappa shape index (κ2) is 11.4. The number of pyridine rings is 2. The Hall–Kier alpha value is -3.97. The van der Waals surface area contributed by atoms with E-state index in [0.717, 1.165) is 25.0 Å². The van der Waals surface area contributed by atoms with Gasteiger partial charge in [0.2, 0.25) is 5.91 Å². The van der Waals surface area contributed by atoms with Crippen molar-refractivity contribution in [2.75, 3.05) is 23.1 Å². The normalized spacial score (nSPS) is 14.7. The Kier molecular flexibility index (Phi) is 7.99. The zero-order chi connectivity index (χ0) is 30.2. The first-order valence-corrected chi connectivity index (χ1v) is 15.0. The number of hydrogen-bond acceptors (Lipinski definition) is 8. The molecule has 0 spiro atoms. The molecule has 4 aromatic rings. The first-order valence-electron chi connectivity index (χ1n) is 13.1. The Morgan fingerprint density at radius 3 is 2.48 bits per heavy atom. The molecular weight excluding hydrogens is 588 g/mol. The number of nitrogens with zero attached hydrogens (tertiary/aromatic N) is 5. The molecule has 220 valence electrons. The predicted molar refractivity (Wildman–Crippen MR) is 155 cm³/mol. The van der Waals surface area contributed by atoms with Crippen molar-refractivity contribution in [2.24, 2.45) is 5.41 Å². The van der Waals surface area contributed by atoms with Crippen molar-refractivity contribution in [3.8, 4) is 11.3 Å². The Balaban J connectivity index is 1.39. The van der Waals surface area contributed by atoms with E-state index >= 15 is 0 Å². The number of benzene rings is 1. The number of fused-ring (bicyclic) bond motifs is 1. The summed E-state index contributed by atoms with van der Waals surface area (Å²) in [6.45, 7) is 7.00. The minimum atomic E-state index is -4.45. The number of carbonyl (C=O) groups is 1. The number of likely N-dealkylation sites (tertiary alicyclic amines) is 1. The largest absolute Gasteiger partial charge is 0.365 e. The number of nitrogens with one attached hydrogen (secondary N) is 2. The molecule has 14 heteroatoms. The highest BCUT2D eigenvalue weighted by Gasteiger charge is 2.30. The van der Waals surface area contributed by atoms with Crippen LogP contribution in [0.25, 0.3) is 22.3 Å². The van der Waals surface area contributed by atoms with E-state index in [1.807, 2.05) is 25.7 Å². The molecule has 5 rings (SSSR count). The van der Waals surface area contributed by atoms with Crippen LogP contribution >= 0.6 is 11.6 Å². The number of amides is 1. The molecule has 1 aliphatic heterocycles. The Bertz CT molecular complexity index is 1780. The number of anilines is 2. The van der Waals surface area contributed by atoms with Crippen LogP contribution in [0.5, 0.6) is 0 Å². The second-order valence-corrected chi connectivity index (χ2v) is 13.0. The molecule has 1 aliphatic rings. The standard InChI is InChI=1S/C28H28ClF2N7O3S/c1-28(2,3)27(39)38-10-8-18(9-11-38)35-26-24-21(33-15-34-26)6-5-20(36-24)16-12-22(25(29)32-14-16)37-42(40,41)23-7-4-17(30)13-19(23)31/h4-7,12-15,18,37H,8-11H2,1-3H3,(H,33,34,35). The lowest BCUT2D eigenvalue weighted by molar-refractivity contribution is -0.140. The number of carbonyl (C=O) groups excluding carboxylic acids is 1. The van der Waals surface area contributed by atoms with E-state index < -0.39 is 32.0 Å². The van der Waals surface area contributed by atoms with Gasteiger partial charge in [0, 0.05) is 42.4 Å². The van der Waals surface area contributed by atoms with Crippen molar-refractivity contribution in [1.29, 1.82) is 0 Å². The molecule has 2 N–H and O–H groups in total. The van der Waals surface area contributed by atoms with Crippen LogP contribution in [-0.2, 0) is 14.8 Å². The molecule has 0 bridgehead atoms. The third-order valence-electron chi connectivity index (χ3n) is 6.81. The van der Waals surface area contributed by atoms with Crippen molar-refractivity contribution in [3.05, 3.63) is 65.7 Å². The van der Waals surface area contributed by atoms with Crippen molar-refractivity contribution >= 4 is 50.1 Å². The van der Waals surface area contributed by atoms with E-state index in [0.29, 0.717) is 47.3 Å². The number of hydrogen-bond donors (Lipinski definition) is 2. The van der Waals surface area contributed by atoms with Gasteiger partial charge >= 0.3 is 0 Å². The van der Waals surface area contributed by atoms with Gasteiger partial charge < -0.3 is 10.2 Å². The lowest BCUT2D eigenvalue weighted by Crippen LogP contribution is -2.46. The number of aromatic nitrogens is 4. The van der Waals surface area contributed by atoms with Gasteiger partial charge in [-0.2, -0.15) is 0 Å². The third kappa shape index (κ3) is 6.26. The third-order valence-corrected chi connectivity index (χ3v) is 8.51. The molecule has 3 aromatic heterocycles. The first kappa shape index (κ1) is 29.5. The molecule has 1 saturated heterocycles. The average molecular weight is 616 g/mol. The van der Waals surface area contributed by atoms with E-state index in [1.54, 1.807) is 12.1 Å². The van der Waals surface area contributed by atoms with Gasteiger partial charge in [0.25, 0.3) is 10.0 Å². The molecule has 1 aromatic carbocycles. The van der Waals surface area contributed by atoms with Crippen LogP contribution in [0.4, 0.5) is 20.3 Å². The molecule has 42 heavy (non-hydrogen) atoms.